The molecule has 0 saturated carbocycles. The third-order valence-electron chi connectivity index (χ3n) is 4.25. The third-order valence-corrected chi connectivity index (χ3v) is 4.25. The van der Waals surface area contributed by atoms with Gasteiger partial charge in [0.05, 0.1) is 17.6 Å². The Morgan fingerprint density at radius 1 is 1.15 bits per heavy atom. The maximum Gasteiger partial charge on any atom is 0.273 e. The molecule has 0 fully saturated rings. The molecule has 0 aliphatic carbocycles. The Morgan fingerprint density at radius 3 is 2.73 bits per heavy atom. The normalized spacial score (nSPS) is 11.7. The van der Waals surface area contributed by atoms with E-state index in [4.69, 9.17) is 0 Å². The van der Waals surface area contributed by atoms with E-state index in [2.05, 4.69) is 20.5 Å². The SMILES string of the molecule is CC(=NNC(=O)c1c[nH]c2ccccc12)c1ccc(-n2ccnc2)cc1. The first kappa shape index (κ1) is 15.8. The van der Waals surface area contributed by atoms with Crippen LogP contribution in [-0.4, -0.2) is 26.2 Å². The van der Waals surface area contributed by atoms with Crippen molar-refractivity contribution in [3.63, 3.8) is 0 Å². The van der Waals surface area contributed by atoms with Gasteiger partial charge in [0.1, 0.15) is 0 Å². The summed E-state index contributed by atoms with van der Waals surface area (Å²) in [5, 5.41) is 5.11. The Hall–Kier alpha value is -3.67. The highest BCUT2D eigenvalue weighted by Gasteiger charge is 2.11. The van der Waals surface area contributed by atoms with Crippen LogP contribution in [0.15, 0.2) is 78.6 Å². The van der Waals surface area contributed by atoms with Gasteiger partial charge in [0.25, 0.3) is 5.91 Å². The number of nitrogens with zero attached hydrogens (tertiary/aromatic N) is 3. The number of imidazole rings is 1. The van der Waals surface area contributed by atoms with E-state index in [9.17, 15) is 4.79 Å². The van der Waals surface area contributed by atoms with Crippen molar-refractivity contribution in [3.8, 4) is 5.69 Å². The first-order chi connectivity index (χ1) is 12.7. The standard InChI is InChI=1S/C20H17N5O/c1-14(15-6-8-16(9-7-15)25-11-10-21-13-25)23-24-20(26)18-12-22-19-5-3-2-4-17(18)19/h2-13,22H,1H3,(H,24,26). The molecular formula is C20H17N5O. The van der Waals surface area contributed by atoms with Gasteiger partial charge < -0.3 is 9.55 Å². The highest BCUT2D eigenvalue weighted by molar-refractivity contribution is 6.07. The van der Waals surface area contributed by atoms with Gasteiger partial charge in [0, 0.05) is 35.2 Å². The first-order valence-electron chi connectivity index (χ1n) is 8.22. The molecule has 0 bridgehead atoms. The number of hydrogen-bond acceptors (Lipinski definition) is 3. The molecule has 2 aromatic heterocycles. The lowest BCUT2D eigenvalue weighted by atomic mass is 10.1. The first-order valence-corrected chi connectivity index (χ1v) is 8.22. The lowest BCUT2D eigenvalue weighted by molar-refractivity contribution is 0.0956. The maximum atomic E-state index is 12.4. The number of hydrogen-bond donors (Lipinski definition) is 2. The highest BCUT2D eigenvalue weighted by Crippen LogP contribution is 2.17. The quantitative estimate of drug-likeness (QED) is 0.439. The highest BCUT2D eigenvalue weighted by atomic mass is 16.2. The summed E-state index contributed by atoms with van der Waals surface area (Å²) in [4.78, 5) is 19.5. The lowest BCUT2D eigenvalue weighted by Crippen LogP contribution is -2.19. The zero-order valence-corrected chi connectivity index (χ0v) is 14.2. The number of benzene rings is 2. The van der Waals surface area contributed by atoms with E-state index in [1.807, 2.05) is 66.2 Å². The molecule has 0 saturated heterocycles. The van der Waals surface area contributed by atoms with E-state index in [-0.39, 0.29) is 5.91 Å². The summed E-state index contributed by atoms with van der Waals surface area (Å²) < 4.78 is 1.93. The molecule has 0 atom stereocenters. The summed E-state index contributed by atoms with van der Waals surface area (Å²) >= 11 is 0. The third kappa shape index (κ3) is 3.00. The molecule has 2 aromatic carbocycles. The van der Waals surface area contributed by atoms with E-state index in [0.717, 1.165) is 27.9 Å². The predicted octanol–water partition coefficient (Wildman–Crippen LogP) is 3.51. The van der Waals surface area contributed by atoms with E-state index < -0.39 is 0 Å². The van der Waals surface area contributed by atoms with Crippen LogP contribution < -0.4 is 5.43 Å². The molecule has 0 aliphatic rings. The molecule has 0 aliphatic heterocycles. The van der Waals surface area contributed by atoms with E-state index in [1.54, 1.807) is 18.7 Å². The fourth-order valence-electron chi connectivity index (χ4n) is 2.81. The summed E-state index contributed by atoms with van der Waals surface area (Å²) in [6.45, 7) is 1.86. The van der Waals surface area contributed by atoms with Crippen molar-refractivity contribution in [2.75, 3.05) is 0 Å². The molecule has 4 rings (SSSR count). The Kier molecular flexibility index (Phi) is 4.07. The molecule has 2 heterocycles. The largest absolute Gasteiger partial charge is 0.360 e. The number of carbonyl (C=O) groups excluding carboxylic acids is 1. The summed E-state index contributed by atoms with van der Waals surface area (Å²) in [5.74, 6) is -0.239. The van der Waals surface area contributed by atoms with Gasteiger partial charge in [-0.25, -0.2) is 10.4 Å². The van der Waals surface area contributed by atoms with Gasteiger partial charge in [-0.1, -0.05) is 30.3 Å². The molecule has 0 radical (unpaired) electrons. The van der Waals surface area contributed by atoms with Gasteiger partial charge in [-0.3, -0.25) is 4.79 Å². The van der Waals surface area contributed by atoms with Crippen LogP contribution in [0.25, 0.3) is 16.6 Å². The second kappa shape index (κ2) is 6.68. The van der Waals surface area contributed by atoms with E-state index in [1.165, 1.54) is 0 Å². The second-order valence-corrected chi connectivity index (χ2v) is 5.90. The van der Waals surface area contributed by atoms with Crippen LogP contribution in [0.2, 0.25) is 0 Å². The number of aromatic amines is 1. The molecule has 6 heteroatoms. The summed E-state index contributed by atoms with van der Waals surface area (Å²) in [6, 6.07) is 15.6. The maximum absolute atomic E-state index is 12.4. The van der Waals surface area contributed by atoms with Gasteiger partial charge >= 0.3 is 0 Å². The second-order valence-electron chi connectivity index (χ2n) is 5.90. The van der Waals surface area contributed by atoms with Crippen molar-refractivity contribution in [2.45, 2.75) is 6.92 Å². The fraction of sp³-hybridized carbons (Fsp3) is 0.0500. The molecule has 26 heavy (non-hydrogen) atoms. The molecule has 4 aromatic rings. The Bertz CT molecular complexity index is 1080. The van der Waals surface area contributed by atoms with Crippen molar-refractivity contribution < 1.29 is 4.79 Å². The summed E-state index contributed by atoms with van der Waals surface area (Å²) in [5.41, 5.74) is 6.82. The van der Waals surface area contributed by atoms with Gasteiger partial charge in [-0.15, -0.1) is 0 Å². The van der Waals surface area contributed by atoms with Gasteiger partial charge in [0.15, 0.2) is 0 Å². The average molecular weight is 343 g/mol. The van der Waals surface area contributed by atoms with Crippen LogP contribution in [-0.2, 0) is 0 Å². The topological polar surface area (TPSA) is 75.1 Å². The van der Waals surface area contributed by atoms with Crippen molar-refractivity contribution in [2.24, 2.45) is 5.10 Å². The number of hydrazone groups is 1. The Balaban J connectivity index is 1.50. The number of rotatable bonds is 4. The Labute approximate surface area is 150 Å². The fourth-order valence-corrected chi connectivity index (χ4v) is 2.81. The molecular weight excluding hydrogens is 326 g/mol. The number of fused-ring (bicyclic) bond motifs is 1. The van der Waals surface area contributed by atoms with Crippen LogP contribution in [0.4, 0.5) is 0 Å². The minimum absolute atomic E-state index is 0.239. The average Bonchev–Trinajstić information content (AvgIpc) is 3.36. The summed E-state index contributed by atoms with van der Waals surface area (Å²) in [7, 11) is 0. The molecule has 0 spiro atoms. The van der Waals surface area contributed by atoms with Gasteiger partial charge in [0.2, 0.25) is 0 Å². The number of H-pyrrole nitrogens is 1. The van der Waals surface area contributed by atoms with Crippen LogP contribution in [0.3, 0.4) is 0 Å². The number of para-hydroxylation sites is 1. The minimum atomic E-state index is -0.239. The van der Waals surface area contributed by atoms with Crippen molar-refractivity contribution >= 4 is 22.5 Å². The smallest absolute Gasteiger partial charge is 0.273 e. The molecule has 0 unspecified atom stereocenters. The van der Waals surface area contributed by atoms with Crippen molar-refractivity contribution in [3.05, 3.63) is 84.6 Å². The van der Waals surface area contributed by atoms with Crippen LogP contribution in [0, 0.1) is 0 Å². The van der Waals surface area contributed by atoms with Gasteiger partial charge in [-0.2, -0.15) is 5.10 Å². The predicted molar refractivity (Wildman–Crippen MR) is 102 cm³/mol. The zero-order valence-electron chi connectivity index (χ0n) is 14.2. The van der Waals surface area contributed by atoms with Crippen LogP contribution in [0.5, 0.6) is 0 Å². The molecule has 128 valence electrons. The minimum Gasteiger partial charge on any atom is -0.360 e. The van der Waals surface area contributed by atoms with E-state index >= 15 is 0 Å². The number of nitrogens with one attached hydrogen (secondary N) is 2. The van der Waals surface area contributed by atoms with E-state index in [0.29, 0.717) is 5.56 Å². The van der Waals surface area contributed by atoms with Gasteiger partial charge in [-0.05, 0) is 30.7 Å². The Morgan fingerprint density at radius 2 is 1.96 bits per heavy atom. The number of amides is 1. The van der Waals surface area contributed by atoms with Crippen LogP contribution >= 0.6 is 0 Å². The monoisotopic (exact) mass is 343 g/mol. The van der Waals surface area contributed by atoms with Crippen LogP contribution in [0.1, 0.15) is 22.8 Å². The molecule has 1 amide bonds. The number of carbonyl (C=O) groups is 1. The molecule has 2 N–H and O–H groups in total. The summed E-state index contributed by atoms with van der Waals surface area (Å²) in [6.07, 6.45) is 7.07. The van der Waals surface area contributed by atoms with Crippen molar-refractivity contribution in [1.82, 2.24) is 20.0 Å². The van der Waals surface area contributed by atoms with Crippen molar-refractivity contribution in [1.29, 1.82) is 0 Å². The lowest BCUT2D eigenvalue weighted by Gasteiger charge is -2.05. The number of aromatic nitrogens is 3. The zero-order chi connectivity index (χ0) is 17.9. The molecule has 6 nitrogen and oxygen atoms in total.